The van der Waals surface area contributed by atoms with E-state index in [-0.39, 0.29) is 6.04 Å². The first-order valence-electron chi connectivity index (χ1n) is 6.71. The Labute approximate surface area is 109 Å². The first-order valence-corrected chi connectivity index (χ1v) is 7.87. The van der Waals surface area contributed by atoms with Gasteiger partial charge in [0.15, 0.2) is 0 Å². The molecule has 1 fully saturated rings. The van der Waals surface area contributed by atoms with Gasteiger partial charge in [-0.25, -0.2) is 0 Å². The lowest BCUT2D eigenvalue weighted by Crippen LogP contribution is -2.46. The fourth-order valence-corrected chi connectivity index (χ4v) is 3.50. The van der Waals surface area contributed by atoms with E-state index in [1.807, 2.05) is 11.8 Å². The smallest absolute Gasteiger partial charge is 0.320 e. The van der Waals surface area contributed by atoms with Crippen LogP contribution in [-0.2, 0) is 4.79 Å². The molecule has 1 saturated heterocycles. The maximum Gasteiger partial charge on any atom is 0.320 e. The highest BCUT2D eigenvalue weighted by Crippen LogP contribution is 2.25. The van der Waals surface area contributed by atoms with Crippen molar-refractivity contribution in [3.63, 3.8) is 0 Å². The molecule has 2 atom stereocenters. The Hall–Kier alpha value is -0.220. The van der Waals surface area contributed by atoms with Crippen LogP contribution in [0, 0.1) is 5.92 Å². The molecule has 0 aromatic heterocycles. The Kier molecular flexibility index (Phi) is 6.97. The molecule has 4 heteroatoms. The Morgan fingerprint density at radius 2 is 2.12 bits per heavy atom. The highest BCUT2D eigenvalue weighted by Gasteiger charge is 2.25. The standard InChI is InChI=1S/C13H25NO2S/c1-3-4-5-12(13(15)16)14-10(2)11-6-8-17-9-7-11/h10-12,14H,3-9H2,1-2H3,(H,15,16)/t10?,12-/m0/s1. The predicted octanol–water partition coefficient (Wildman–Crippen LogP) is 2.75. The number of thioether (sulfide) groups is 1. The summed E-state index contributed by atoms with van der Waals surface area (Å²) in [5.41, 5.74) is 0. The van der Waals surface area contributed by atoms with Crippen LogP contribution in [0.15, 0.2) is 0 Å². The summed E-state index contributed by atoms with van der Waals surface area (Å²) >= 11 is 2.01. The quantitative estimate of drug-likeness (QED) is 0.738. The van der Waals surface area contributed by atoms with Crippen LogP contribution in [0.4, 0.5) is 0 Å². The topological polar surface area (TPSA) is 49.3 Å². The number of carboxylic acids is 1. The molecule has 3 nitrogen and oxygen atoms in total. The summed E-state index contributed by atoms with van der Waals surface area (Å²) in [4.78, 5) is 11.2. The van der Waals surface area contributed by atoms with Crippen molar-refractivity contribution in [1.82, 2.24) is 5.32 Å². The number of unbranched alkanes of at least 4 members (excludes halogenated alkanes) is 1. The second-order valence-electron chi connectivity index (χ2n) is 4.94. The summed E-state index contributed by atoms with van der Waals surface area (Å²) in [5.74, 6) is 2.41. The molecule has 0 aromatic rings. The van der Waals surface area contributed by atoms with Crippen molar-refractivity contribution in [3.05, 3.63) is 0 Å². The van der Waals surface area contributed by atoms with Gasteiger partial charge in [0.1, 0.15) is 6.04 Å². The molecular weight excluding hydrogens is 234 g/mol. The van der Waals surface area contributed by atoms with Gasteiger partial charge in [-0.3, -0.25) is 4.79 Å². The minimum atomic E-state index is -0.699. The van der Waals surface area contributed by atoms with Crippen molar-refractivity contribution in [3.8, 4) is 0 Å². The molecule has 0 aliphatic carbocycles. The zero-order valence-electron chi connectivity index (χ0n) is 10.9. The summed E-state index contributed by atoms with van der Waals surface area (Å²) < 4.78 is 0. The molecule has 0 amide bonds. The van der Waals surface area contributed by atoms with Crippen molar-refractivity contribution in [2.24, 2.45) is 5.92 Å². The summed E-state index contributed by atoms with van der Waals surface area (Å²) in [6.45, 7) is 4.24. The number of hydrogen-bond acceptors (Lipinski definition) is 3. The SMILES string of the molecule is CCCC[C@H](NC(C)C1CCSCC1)C(=O)O. The van der Waals surface area contributed by atoms with Gasteiger partial charge in [-0.2, -0.15) is 11.8 Å². The first-order chi connectivity index (χ1) is 8.15. The van der Waals surface area contributed by atoms with E-state index < -0.39 is 5.97 Å². The van der Waals surface area contributed by atoms with Crippen molar-refractivity contribution >= 4 is 17.7 Å². The molecular formula is C13H25NO2S. The van der Waals surface area contributed by atoms with E-state index in [4.69, 9.17) is 0 Å². The fourth-order valence-electron chi connectivity index (χ4n) is 2.36. The van der Waals surface area contributed by atoms with Crippen LogP contribution >= 0.6 is 11.8 Å². The lowest BCUT2D eigenvalue weighted by Gasteiger charge is -2.30. The Bertz CT molecular complexity index is 229. The van der Waals surface area contributed by atoms with Crippen LogP contribution in [0.1, 0.15) is 46.0 Å². The molecule has 0 aromatic carbocycles. The van der Waals surface area contributed by atoms with Crippen molar-refractivity contribution < 1.29 is 9.90 Å². The van der Waals surface area contributed by atoms with Crippen LogP contribution in [-0.4, -0.2) is 34.7 Å². The lowest BCUT2D eigenvalue weighted by molar-refractivity contribution is -0.140. The molecule has 0 radical (unpaired) electrons. The van der Waals surface area contributed by atoms with E-state index in [2.05, 4.69) is 19.2 Å². The number of rotatable bonds is 7. The number of hydrogen-bond donors (Lipinski definition) is 2. The molecule has 1 aliphatic rings. The number of carbonyl (C=O) groups is 1. The lowest BCUT2D eigenvalue weighted by atomic mass is 9.94. The molecule has 1 aliphatic heterocycles. The van der Waals surface area contributed by atoms with Gasteiger partial charge < -0.3 is 10.4 Å². The van der Waals surface area contributed by atoms with Gasteiger partial charge in [0.2, 0.25) is 0 Å². The van der Waals surface area contributed by atoms with Gasteiger partial charge in [0.25, 0.3) is 0 Å². The number of nitrogens with one attached hydrogen (secondary N) is 1. The van der Waals surface area contributed by atoms with E-state index in [0.717, 1.165) is 19.3 Å². The third kappa shape index (κ3) is 5.30. The third-order valence-corrected chi connectivity index (χ3v) is 4.63. The molecule has 1 unspecified atom stereocenters. The van der Waals surface area contributed by atoms with Crippen LogP contribution in [0.25, 0.3) is 0 Å². The normalized spacial score (nSPS) is 21.1. The van der Waals surface area contributed by atoms with Gasteiger partial charge in [0.05, 0.1) is 0 Å². The molecule has 0 saturated carbocycles. The van der Waals surface area contributed by atoms with E-state index in [9.17, 15) is 9.90 Å². The predicted molar refractivity (Wildman–Crippen MR) is 73.6 cm³/mol. The van der Waals surface area contributed by atoms with E-state index in [1.165, 1.54) is 24.3 Å². The molecule has 100 valence electrons. The van der Waals surface area contributed by atoms with Crippen LogP contribution < -0.4 is 5.32 Å². The van der Waals surface area contributed by atoms with Gasteiger partial charge in [-0.1, -0.05) is 19.8 Å². The average Bonchev–Trinajstić information content (AvgIpc) is 2.35. The van der Waals surface area contributed by atoms with Gasteiger partial charge in [0, 0.05) is 6.04 Å². The molecule has 2 N–H and O–H groups in total. The minimum Gasteiger partial charge on any atom is -0.480 e. The molecule has 0 bridgehead atoms. The highest BCUT2D eigenvalue weighted by molar-refractivity contribution is 7.99. The number of carboxylic acid groups (broad SMARTS) is 1. The largest absolute Gasteiger partial charge is 0.480 e. The minimum absolute atomic E-state index is 0.328. The second-order valence-corrected chi connectivity index (χ2v) is 6.16. The Morgan fingerprint density at radius 3 is 2.65 bits per heavy atom. The van der Waals surface area contributed by atoms with E-state index in [1.54, 1.807) is 0 Å². The fraction of sp³-hybridized carbons (Fsp3) is 0.923. The summed E-state index contributed by atoms with van der Waals surface area (Å²) in [6.07, 6.45) is 5.23. The molecule has 17 heavy (non-hydrogen) atoms. The Morgan fingerprint density at radius 1 is 1.47 bits per heavy atom. The highest BCUT2D eigenvalue weighted by atomic mass is 32.2. The maximum absolute atomic E-state index is 11.2. The van der Waals surface area contributed by atoms with Crippen LogP contribution in [0.3, 0.4) is 0 Å². The van der Waals surface area contributed by atoms with E-state index >= 15 is 0 Å². The zero-order valence-corrected chi connectivity index (χ0v) is 11.8. The van der Waals surface area contributed by atoms with Crippen molar-refractivity contribution in [2.45, 2.75) is 58.0 Å². The average molecular weight is 259 g/mol. The third-order valence-electron chi connectivity index (χ3n) is 3.58. The Balaban J connectivity index is 2.38. The monoisotopic (exact) mass is 259 g/mol. The molecule has 0 spiro atoms. The summed E-state index contributed by atoms with van der Waals surface area (Å²) in [5, 5.41) is 12.5. The van der Waals surface area contributed by atoms with Crippen LogP contribution in [0.2, 0.25) is 0 Å². The zero-order chi connectivity index (χ0) is 12.7. The second kappa shape index (κ2) is 7.98. The summed E-state index contributed by atoms with van der Waals surface area (Å²) in [7, 11) is 0. The van der Waals surface area contributed by atoms with Crippen molar-refractivity contribution in [1.29, 1.82) is 0 Å². The maximum atomic E-state index is 11.2. The number of aliphatic carboxylic acids is 1. The summed E-state index contributed by atoms with van der Waals surface area (Å²) in [6, 6.07) is -0.0339. The first kappa shape index (κ1) is 14.8. The van der Waals surface area contributed by atoms with Crippen LogP contribution in [0.5, 0.6) is 0 Å². The molecule has 1 rings (SSSR count). The van der Waals surface area contributed by atoms with E-state index in [0.29, 0.717) is 12.0 Å². The van der Waals surface area contributed by atoms with Gasteiger partial charge in [-0.05, 0) is 43.6 Å². The van der Waals surface area contributed by atoms with Gasteiger partial charge >= 0.3 is 5.97 Å². The van der Waals surface area contributed by atoms with Gasteiger partial charge in [-0.15, -0.1) is 0 Å². The van der Waals surface area contributed by atoms with Crippen molar-refractivity contribution in [2.75, 3.05) is 11.5 Å². The molecule has 1 heterocycles.